The van der Waals surface area contributed by atoms with E-state index in [0.717, 1.165) is 16.9 Å². The Morgan fingerprint density at radius 1 is 1.57 bits per heavy atom. The van der Waals surface area contributed by atoms with Gasteiger partial charge in [-0.05, 0) is 47.4 Å². The van der Waals surface area contributed by atoms with Gasteiger partial charge in [-0.1, -0.05) is 18.5 Å². The monoisotopic (exact) mass is 228 g/mol. The first-order valence-corrected chi connectivity index (χ1v) is 5.85. The largest absolute Gasteiger partial charge is 0.508 e. The van der Waals surface area contributed by atoms with Crippen LogP contribution < -0.4 is 0 Å². The van der Waals surface area contributed by atoms with Gasteiger partial charge in [0, 0.05) is 0 Å². The van der Waals surface area contributed by atoms with Crippen LogP contribution in [0.15, 0.2) is 23.6 Å². The van der Waals surface area contributed by atoms with Crippen LogP contribution in [0.2, 0.25) is 5.02 Å². The summed E-state index contributed by atoms with van der Waals surface area (Å²) >= 11 is 7.73. The first kappa shape index (κ1) is 11.5. The van der Waals surface area contributed by atoms with Gasteiger partial charge in [0.15, 0.2) is 0 Å². The summed E-state index contributed by atoms with van der Waals surface area (Å²) in [7, 11) is 0. The van der Waals surface area contributed by atoms with Crippen LogP contribution in [0.4, 0.5) is 0 Å². The van der Waals surface area contributed by atoms with Crippen molar-refractivity contribution >= 4 is 28.9 Å². The summed E-state index contributed by atoms with van der Waals surface area (Å²) in [4.78, 5) is 0. The van der Waals surface area contributed by atoms with Crippen LogP contribution in [0, 0.1) is 0 Å². The Labute approximate surface area is 93.8 Å². The molecule has 0 unspecified atom stereocenters. The molecule has 3 heteroatoms. The first-order valence-electron chi connectivity index (χ1n) is 4.42. The van der Waals surface area contributed by atoms with Gasteiger partial charge in [0.1, 0.15) is 5.75 Å². The third-order valence-corrected chi connectivity index (χ3v) is 2.97. The number of rotatable bonds is 3. The molecule has 0 radical (unpaired) electrons. The summed E-state index contributed by atoms with van der Waals surface area (Å²) in [5.74, 6) is 1.25. The number of benzene rings is 1. The van der Waals surface area contributed by atoms with Crippen molar-refractivity contribution in [3.8, 4) is 5.75 Å². The molecule has 0 aliphatic rings. The third-order valence-electron chi connectivity index (χ3n) is 1.80. The molecule has 1 aromatic carbocycles. The van der Waals surface area contributed by atoms with Crippen molar-refractivity contribution in [1.82, 2.24) is 0 Å². The van der Waals surface area contributed by atoms with Gasteiger partial charge in [0.25, 0.3) is 0 Å². The van der Waals surface area contributed by atoms with Crippen LogP contribution in [-0.4, -0.2) is 10.9 Å². The highest BCUT2D eigenvalue weighted by molar-refractivity contribution is 8.02. The second-order valence-electron chi connectivity index (χ2n) is 2.92. The molecule has 0 fully saturated rings. The normalized spacial score (nSPS) is 11.8. The second kappa shape index (κ2) is 5.32. The Kier molecular flexibility index (Phi) is 4.36. The van der Waals surface area contributed by atoms with Crippen LogP contribution in [0.3, 0.4) is 0 Å². The van der Waals surface area contributed by atoms with Crippen LogP contribution >= 0.6 is 23.4 Å². The van der Waals surface area contributed by atoms with Gasteiger partial charge in [0.05, 0.1) is 5.02 Å². The molecule has 0 atom stereocenters. The lowest BCUT2D eigenvalue weighted by atomic mass is 10.1. The molecule has 0 heterocycles. The summed E-state index contributed by atoms with van der Waals surface area (Å²) in [6.07, 6.45) is 0. The second-order valence-corrected chi connectivity index (χ2v) is 4.47. The van der Waals surface area contributed by atoms with E-state index in [1.807, 2.05) is 13.0 Å². The Hall–Kier alpha value is -0.600. The fraction of sp³-hybridized carbons (Fsp3) is 0.273. The zero-order valence-corrected chi connectivity index (χ0v) is 9.82. The standard InChI is InChI=1S/C11H13ClOS/c1-3-14-7-8(2)10-5-4-9(13)6-11(10)12/h4-7,13H,3H2,1-2H3/b8-7+. The predicted octanol–water partition coefficient (Wildman–Crippen LogP) is 4.16. The van der Waals surface area contributed by atoms with E-state index in [1.54, 1.807) is 23.9 Å². The highest BCUT2D eigenvalue weighted by atomic mass is 35.5. The molecule has 76 valence electrons. The quantitative estimate of drug-likeness (QED) is 0.839. The number of hydrogen-bond acceptors (Lipinski definition) is 2. The van der Waals surface area contributed by atoms with E-state index in [9.17, 15) is 5.11 Å². The lowest BCUT2D eigenvalue weighted by molar-refractivity contribution is 0.475. The van der Waals surface area contributed by atoms with E-state index in [0.29, 0.717) is 5.02 Å². The average Bonchev–Trinajstić information content (AvgIpc) is 2.14. The molecule has 0 bridgehead atoms. The Balaban J connectivity index is 2.95. The predicted molar refractivity (Wildman–Crippen MR) is 64.9 cm³/mol. The highest BCUT2D eigenvalue weighted by Crippen LogP contribution is 2.28. The summed E-state index contributed by atoms with van der Waals surface area (Å²) in [5, 5.41) is 11.9. The molecular weight excluding hydrogens is 216 g/mol. The average molecular weight is 229 g/mol. The van der Waals surface area contributed by atoms with Crippen LogP contribution in [0.5, 0.6) is 5.75 Å². The lowest BCUT2D eigenvalue weighted by Crippen LogP contribution is -1.80. The number of halogens is 1. The number of aromatic hydroxyl groups is 1. The van der Waals surface area contributed by atoms with Crippen LogP contribution in [0.1, 0.15) is 19.4 Å². The molecule has 1 aromatic rings. The van der Waals surface area contributed by atoms with Gasteiger partial charge in [0.2, 0.25) is 0 Å². The minimum absolute atomic E-state index is 0.203. The third kappa shape index (κ3) is 2.96. The maximum atomic E-state index is 9.19. The van der Waals surface area contributed by atoms with Gasteiger partial charge in [-0.15, -0.1) is 11.8 Å². The van der Waals surface area contributed by atoms with Crippen LogP contribution in [0.25, 0.3) is 5.57 Å². The van der Waals surface area contributed by atoms with Gasteiger partial charge < -0.3 is 5.11 Å². The molecule has 1 N–H and O–H groups in total. The Morgan fingerprint density at radius 3 is 2.86 bits per heavy atom. The topological polar surface area (TPSA) is 20.2 Å². The van der Waals surface area contributed by atoms with Crippen LogP contribution in [-0.2, 0) is 0 Å². The van der Waals surface area contributed by atoms with E-state index in [-0.39, 0.29) is 5.75 Å². The van der Waals surface area contributed by atoms with Gasteiger partial charge in [-0.2, -0.15) is 0 Å². The number of thioether (sulfide) groups is 1. The maximum Gasteiger partial charge on any atom is 0.117 e. The number of phenolic OH excluding ortho intramolecular Hbond substituents is 1. The van der Waals surface area contributed by atoms with Crippen molar-refractivity contribution in [3.05, 3.63) is 34.2 Å². The van der Waals surface area contributed by atoms with Gasteiger partial charge in [-0.3, -0.25) is 0 Å². The minimum Gasteiger partial charge on any atom is -0.508 e. The molecule has 0 amide bonds. The van der Waals surface area contributed by atoms with E-state index < -0.39 is 0 Å². The molecule has 0 spiro atoms. The fourth-order valence-electron chi connectivity index (χ4n) is 1.10. The Morgan fingerprint density at radius 2 is 2.29 bits per heavy atom. The zero-order chi connectivity index (χ0) is 10.6. The highest BCUT2D eigenvalue weighted by Gasteiger charge is 2.02. The van der Waals surface area contributed by atoms with Crippen molar-refractivity contribution in [1.29, 1.82) is 0 Å². The number of phenols is 1. The molecule has 0 saturated carbocycles. The van der Waals surface area contributed by atoms with Crippen molar-refractivity contribution in [2.75, 3.05) is 5.75 Å². The number of allylic oxidation sites excluding steroid dienone is 1. The minimum atomic E-state index is 0.203. The SMILES string of the molecule is CCS/C=C(\C)c1ccc(O)cc1Cl. The molecule has 0 aliphatic carbocycles. The fourth-order valence-corrected chi connectivity index (χ4v) is 1.96. The van der Waals surface area contributed by atoms with Gasteiger partial charge >= 0.3 is 0 Å². The summed E-state index contributed by atoms with van der Waals surface area (Å²) < 4.78 is 0. The van der Waals surface area contributed by atoms with Crippen molar-refractivity contribution < 1.29 is 5.11 Å². The molecule has 0 saturated heterocycles. The lowest BCUT2D eigenvalue weighted by Gasteiger charge is -2.04. The smallest absolute Gasteiger partial charge is 0.117 e. The van der Waals surface area contributed by atoms with Crippen molar-refractivity contribution in [3.63, 3.8) is 0 Å². The van der Waals surface area contributed by atoms with E-state index in [1.165, 1.54) is 0 Å². The van der Waals surface area contributed by atoms with Gasteiger partial charge in [-0.25, -0.2) is 0 Å². The summed E-state index contributed by atoms with van der Waals surface area (Å²) in [6.45, 7) is 4.12. The molecule has 1 rings (SSSR count). The maximum absolute atomic E-state index is 9.19. The summed E-state index contributed by atoms with van der Waals surface area (Å²) in [5.41, 5.74) is 2.10. The first-order chi connectivity index (χ1) is 6.65. The van der Waals surface area contributed by atoms with Crippen molar-refractivity contribution in [2.24, 2.45) is 0 Å². The summed E-state index contributed by atoms with van der Waals surface area (Å²) in [6, 6.07) is 5.04. The number of hydrogen-bond donors (Lipinski definition) is 1. The van der Waals surface area contributed by atoms with E-state index >= 15 is 0 Å². The molecule has 0 aliphatic heterocycles. The molecular formula is C11H13ClOS. The Bertz CT molecular complexity index is 347. The van der Waals surface area contributed by atoms with Crippen molar-refractivity contribution in [2.45, 2.75) is 13.8 Å². The molecule has 14 heavy (non-hydrogen) atoms. The zero-order valence-electron chi connectivity index (χ0n) is 8.25. The molecule has 0 aromatic heterocycles. The van der Waals surface area contributed by atoms with E-state index in [4.69, 9.17) is 11.6 Å². The van der Waals surface area contributed by atoms with E-state index in [2.05, 4.69) is 12.3 Å². The molecule has 1 nitrogen and oxygen atoms in total.